The fourth-order valence-corrected chi connectivity index (χ4v) is 5.31. The van der Waals surface area contributed by atoms with Gasteiger partial charge < -0.3 is 4.57 Å². The second-order valence-electron chi connectivity index (χ2n) is 7.47. The fraction of sp³-hybridized carbons (Fsp3) is 0.0400. The van der Waals surface area contributed by atoms with Gasteiger partial charge in [0.25, 0.3) is 11.1 Å². The molecule has 1 saturated heterocycles. The topological polar surface area (TPSA) is 42.3 Å². The Bertz CT molecular complexity index is 1450. The number of thioether (sulfide) groups is 1. The zero-order valence-corrected chi connectivity index (χ0v) is 20.9. The van der Waals surface area contributed by atoms with Crippen LogP contribution < -0.4 is 4.90 Å². The van der Waals surface area contributed by atoms with E-state index < -0.39 is 0 Å². The number of nitrogens with zero attached hydrogens (tertiary/aromatic N) is 2. The minimum Gasteiger partial charge on any atom is -0.342 e. The van der Waals surface area contributed by atoms with Crippen LogP contribution in [-0.2, 0) is 11.3 Å². The number of anilines is 1. The zero-order chi connectivity index (χ0) is 23.1. The van der Waals surface area contributed by atoms with Crippen molar-refractivity contribution in [1.82, 2.24) is 4.57 Å². The van der Waals surface area contributed by atoms with Crippen molar-refractivity contribution in [3.8, 4) is 0 Å². The Morgan fingerprint density at radius 3 is 2.48 bits per heavy atom. The van der Waals surface area contributed by atoms with Crippen molar-refractivity contribution in [3.05, 3.63) is 103 Å². The molecule has 4 nitrogen and oxygen atoms in total. The molecule has 5 rings (SSSR count). The Hall–Kier alpha value is -2.51. The van der Waals surface area contributed by atoms with Crippen LogP contribution in [0.3, 0.4) is 0 Å². The lowest BCUT2D eigenvalue weighted by atomic mass is 10.1. The number of hydrogen-bond acceptors (Lipinski definition) is 3. The molecule has 2 amide bonds. The number of rotatable bonds is 4. The lowest BCUT2D eigenvalue weighted by Gasteiger charge is -2.13. The Morgan fingerprint density at radius 2 is 1.73 bits per heavy atom. The molecule has 164 valence electrons. The Kier molecular flexibility index (Phi) is 6.10. The van der Waals surface area contributed by atoms with Crippen LogP contribution in [0.15, 0.2) is 82.3 Å². The first kappa shape index (κ1) is 22.3. The molecule has 0 atom stereocenters. The molecule has 0 spiro atoms. The molecule has 1 fully saturated rings. The molecule has 4 aromatic rings. The normalized spacial score (nSPS) is 15.2. The minimum atomic E-state index is -0.383. The van der Waals surface area contributed by atoms with Crippen molar-refractivity contribution in [2.45, 2.75) is 6.54 Å². The molecule has 0 radical (unpaired) electrons. The maximum absolute atomic E-state index is 13.1. The second kappa shape index (κ2) is 9.03. The highest BCUT2D eigenvalue weighted by molar-refractivity contribution is 9.10. The molecule has 33 heavy (non-hydrogen) atoms. The summed E-state index contributed by atoms with van der Waals surface area (Å²) in [5.74, 6) is -0.383. The molecule has 0 aliphatic carbocycles. The van der Waals surface area contributed by atoms with Gasteiger partial charge in [0.1, 0.15) is 0 Å². The largest absolute Gasteiger partial charge is 0.342 e. The summed E-state index contributed by atoms with van der Waals surface area (Å²) in [7, 11) is 0. The average Bonchev–Trinajstić information content (AvgIpc) is 3.26. The highest BCUT2D eigenvalue weighted by Gasteiger charge is 2.37. The monoisotopic (exact) mass is 556 g/mol. The molecule has 2 heterocycles. The molecule has 3 aromatic carbocycles. The van der Waals surface area contributed by atoms with Gasteiger partial charge in [-0.15, -0.1) is 0 Å². The summed E-state index contributed by atoms with van der Waals surface area (Å²) in [5.41, 5.74) is 3.36. The van der Waals surface area contributed by atoms with E-state index in [1.165, 1.54) is 0 Å². The minimum absolute atomic E-state index is 0.351. The van der Waals surface area contributed by atoms with Crippen molar-refractivity contribution >= 4 is 84.7 Å². The summed E-state index contributed by atoms with van der Waals surface area (Å²) in [5, 5.41) is 1.65. The van der Waals surface area contributed by atoms with E-state index in [1.54, 1.807) is 30.3 Å². The van der Waals surface area contributed by atoms with Crippen molar-refractivity contribution in [3.63, 3.8) is 0 Å². The standard InChI is InChI=1S/C25H15BrCl2N2O2S/c26-17-7-10-21-19(12-17)16(14-29(21)13-15-5-8-18(27)9-6-15)11-23-24(31)30(25(32)33-23)22-4-2-1-3-20(22)28/h1-12,14H,13H2/b23-11-. The molecule has 1 aromatic heterocycles. The van der Waals surface area contributed by atoms with Crippen molar-refractivity contribution in [1.29, 1.82) is 0 Å². The van der Waals surface area contributed by atoms with Gasteiger partial charge in [-0.25, -0.2) is 4.90 Å². The molecule has 0 bridgehead atoms. The number of para-hydroxylation sites is 1. The number of fused-ring (bicyclic) bond motifs is 1. The van der Waals surface area contributed by atoms with Gasteiger partial charge in [-0.05, 0) is 65.9 Å². The number of imide groups is 1. The predicted octanol–water partition coefficient (Wildman–Crippen LogP) is 8.00. The third-order valence-corrected chi connectivity index (χ3v) is 7.25. The number of carbonyl (C=O) groups excluding carboxylic acids is 2. The summed E-state index contributed by atoms with van der Waals surface area (Å²) in [4.78, 5) is 27.3. The number of aromatic nitrogens is 1. The zero-order valence-electron chi connectivity index (χ0n) is 17.0. The predicted molar refractivity (Wildman–Crippen MR) is 140 cm³/mol. The van der Waals surface area contributed by atoms with E-state index >= 15 is 0 Å². The summed E-state index contributed by atoms with van der Waals surface area (Å²) in [6.45, 7) is 0.643. The van der Waals surface area contributed by atoms with E-state index in [0.717, 1.165) is 43.2 Å². The van der Waals surface area contributed by atoms with Crippen molar-refractivity contribution in [2.75, 3.05) is 4.90 Å². The molecular formula is C25H15BrCl2N2O2S. The van der Waals surface area contributed by atoms with Gasteiger partial charge in [0, 0.05) is 38.7 Å². The molecule has 0 unspecified atom stereocenters. The van der Waals surface area contributed by atoms with Crippen LogP contribution in [0.5, 0.6) is 0 Å². The summed E-state index contributed by atoms with van der Waals surface area (Å²) in [6, 6.07) is 20.6. The maximum atomic E-state index is 13.1. The van der Waals surface area contributed by atoms with E-state index in [0.29, 0.717) is 27.2 Å². The van der Waals surface area contributed by atoms with Crippen LogP contribution in [0.1, 0.15) is 11.1 Å². The number of benzene rings is 3. The van der Waals surface area contributed by atoms with Crippen LogP contribution in [0.25, 0.3) is 17.0 Å². The summed E-state index contributed by atoms with van der Waals surface area (Å²) < 4.78 is 3.05. The SMILES string of the molecule is O=C1S/C(=C\c2cn(Cc3ccc(Cl)cc3)c3ccc(Br)cc23)C(=O)N1c1ccccc1Cl. The molecular weight excluding hydrogens is 543 g/mol. The van der Waals surface area contributed by atoms with Gasteiger partial charge in [0.05, 0.1) is 15.6 Å². The molecule has 0 N–H and O–H groups in total. The van der Waals surface area contributed by atoms with Gasteiger partial charge in [0.2, 0.25) is 0 Å². The smallest absolute Gasteiger partial charge is 0.298 e. The van der Waals surface area contributed by atoms with Crippen molar-refractivity contribution < 1.29 is 9.59 Å². The van der Waals surface area contributed by atoms with Crippen LogP contribution in [0.4, 0.5) is 10.5 Å². The van der Waals surface area contributed by atoms with Crippen molar-refractivity contribution in [2.24, 2.45) is 0 Å². The first-order valence-electron chi connectivity index (χ1n) is 9.96. The Morgan fingerprint density at radius 1 is 0.970 bits per heavy atom. The van der Waals surface area contributed by atoms with E-state index in [-0.39, 0.29) is 11.1 Å². The number of halogens is 3. The Labute approximate surface area is 212 Å². The number of carbonyl (C=O) groups is 2. The van der Waals surface area contributed by atoms with E-state index in [4.69, 9.17) is 23.2 Å². The molecule has 1 aliphatic heterocycles. The third-order valence-electron chi connectivity index (χ3n) is 5.31. The van der Waals surface area contributed by atoms with Gasteiger partial charge in [-0.1, -0.05) is 63.4 Å². The average molecular weight is 558 g/mol. The Balaban J connectivity index is 1.55. The van der Waals surface area contributed by atoms with Crippen LogP contribution in [0.2, 0.25) is 10.0 Å². The first-order chi connectivity index (χ1) is 15.9. The van der Waals surface area contributed by atoms with Crippen LogP contribution in [0, 0.1) is 0 Å². The lowest BCUT2D eigenvalue weighted by molar-refractivity contribution is -0.113. The third kappa shape index (κ3) is 4.36. The summed E-state index contributed by atoms with van der Waals surface area (Å²) >= 11 is 16.7. The molecule has 8 heteroatoms. The fourth-order valence-electron chi connectivity index (χ4n) is 3.78. The van der Waals surface area contributed by atoms with Crippen LogP contribution in [-0.4, -0.2) is 15.7 Å². The first-order valence-corrected chi connectivity index (χ1v) is 12.3. The molecule has 1 aliphatic rings. The van der Waals surface area contributed by atoms with Gasteiger partial charge in [-0.3, -0.25) is 9.59 Å². The lowest BCUT2D eigenvalue weighted by Crippen LogP contribution is -2.27. The van der Waals surface area contributed by atoms with Gasteiger partial charge in [0.15, 0.2) is 0 Å². The number of amides is 2. The van der Waals surface area contributed by atoms with Gasteiger partial charge in [-0.2, -0.15) is 0 Å². The quantitative estimate of drug-likeness (QED) is 0.239. The molecule has 0 saturated carbocycles. The van der Waals surface area contributed by atoms with E-state index in [1.807, 2.05) is 48.7 Å². The number of hydrogen-bond donors (Lipinski definition) is 0. The second-order valence-corrected chi connectivity index (χ2v) is 10.2. The maximum Gasteiger partial charge on any atom is 0.298 e. The highest BCUT2D eigenvalue weighted by atomic mass is 79.9. The summed E-state index contributed by atoms with van der Waals surface area (Å²) in [6.07, 6.45) is 3.77. The van der Waals surface area contributed by atoms with E-state index in [2.05, 4.69) is 20.5 Å². The van der Waals surface area contributed by atoms with Crippen LogP contribution >= 0.6 is 50.9 Å². The highest BCUT2D eigenvalue weighted by Crippen LogP contribution is 2.39. The van der Waals surface area contributed by atoms with Gasteiger partial charge >= 0.3 is 0 Å². The van der Waals surface area contributed by atoms with E-state index in [9.17, 15) is 9.59 Å².